The molecule has 5 heteroatoms. The van der Waals surface area contributed by atoms with Crippen molar-refractivity contribution in [1.29, 1.82) is 0 Å². The number of aromatic nitrogens is 3. The fourth-order valence-electron chi connectivity index (χ4n) is 2.47. The summed E-state index contributed by atoms with van der Waals surface area (Å²) >= 11 is 0. The summed E-state index contributed by atoms with van der Waals surface area (Å²) in [6.07, 6.45) is 3.58. The third-order valence-corrected chi connectivity index (χ3v) is 3.72. The smallest absolute Gasteiger partial charge is 0.132 e. The number of anilines is 2. The molecule has 1 aromatic carbocycles. The molecule has 0 fully saturated rings. The lowest BCUT2D eigenvalue weighted by Crippen LogP contribution is -2.10. The summed E-state index contributed by atoms with van der Waals surface area (Å²) in [5.41, 5.74) is 2.38. The number of rotatable bonds is 6. The second-order valence-corrected chi connectivity index (χ2v) is 5.67. The third-order valence-electron chi connectivity index (χ3n) is 3.72. The minimum atomic E-state index is 0.175. The lowest BCUT2D eigenvalue weighted by molar-refractivity contribution is 0.866. The molecule has 0 aliphatic carbocycles. The molecule has 0 bridgehead atoms. The van der Waals surface area contributed by atoms with Crippen LogP contribution in [0.25, 0.3) is 0 Å². The van der Waals surface area contributed by atoms with Gasteiger partial charge in [0.15, 0.2) is 0 Å². The van der Waals surface area contributed by atoms with Gasteiger partial charge in [0, 0.05) is 31.0 Å². The van der Waals surface area contributed by atoms with Gasteiger partial charge in [-0.1, -0.05) is 30.3 Å². The van der Waals surface area contributed by atoms with Gasteiger partial charge in [-0.15, -0.1) is 0 Å². The molecule has 0 radical (unpaired) electrons. The lowest BCUT2D eigenvalue weighted by atomic mass is 10.1. The molecule has 2 heterocycles. The summed E-state index contributed by atoms with van der Waals surface area (Å²) in [4.78, 5) is 13.0. The van der Waals surface area contributed by atoms with Crippen LogP contribution in [0.5, 0.6) is 0 Å². The third kappa shape index (κ3) is 4.29. The Balaban J connectivity index is 1.69. The Labute approximate surface area is 142 Å². The Hall–Kier alpha value is -2.95. The Morgan fingerprint density at radius 1 is 0.958 bits per heavy atom. The topological polar surface area (TPSA) is 62.7 Å². The first-order valence-electron chi connectivity index (χ1n) is 8.00. The van der Waals surface area contributed by atoms with Crippen LogP contribution < -0.4 is 10.6 Å². The van der Waals surface area contributed by atoms with E-state index in [9.17, 15) is 0 Å². The van der Waals surface area contributed by atoms with Crippen molar-refractivity contribution in [3.63, 3.8) is 0 Å². The summed E-state index contributed by atoms with van der Waals surface area (Å²) < 4.78 is 0. The van der Waals surface area contributed by atoms with E-state index < -0.39 is 0 Å². The molecule has 0 amide bonds. The minimum Gasteiger partial charge on any atom is -0.366 e. The van der Waals surface area contributed by atoms with Crippen molar-refractivity contribution in [3.8, 4) is 0 Å². The molecule has 3 aromatic rings. The van der Waals surface area contributed by atoms with E-state index in [4.69, 9.17) is 0 Å². The van der Waals surface area contributed by atoms with Gasteiger partial charge in [-0.05, 0) is 37.1 Å². The van der Waals surface area contributed by atoms with Crippen LogP contribution in [0, 0.1) is 6.92 Å². The SMILES string of the molecule is Cc1nc(NCc2ccncc2)cc(NC(C)c2ccccc2)n1. The Bertz CT molecular complexity index is 774. The number of aryl methyl sites for hydroxylation is 1. The first-order chi connectivity index (χ1) is 11.7. The molecule has 3 rings (SSSR count). The average Bonchev–Trinajstić information content (AvgIpc) is 2.61. The molecule has 0 aliphatic rings. The molecule has 0 aliphatic heterocycles. The first-order valence-corrected chi connectivity index (χ1v) is 8.00. The molecule has 0 saturated heterocycles. The zero-order valence-corrected chi connectivity index (χ0v) is 13.9. The van der Waals surface area contributed by atoms with E-state index in [2.05, 4.69) is 44.6 Å². The predicted molar refractivity (Wildman–Crippen MR) is 96.8 cm³/mol. The van der Waals surface area contributed by atoms with Gasteiger partial charge < -0.3 is 10.6 Å². The number of pyridine rings is 1. The fraction of sp³-hybridized carbons (Fsp3) is 0.211. The van der Waals surface area contributed by atoms with Crippen LogP contribution in [0.1, 0.15) is 29.9 Å². The highest BCUT2D eigenvalue weighted by Crippen LogP contribution is 2.19. The van der Waals surface area contributed by atoms with Gasteiger partial charge in [0.05, 0.1) is 0 Å². The molecular weight excluding hydrogens is 298 g/mol. The molecule has 1 unspecified atom stereocenters. The van der Waals surface area contributed by atoms with Crippen LogP contribution >= 0.6 is 0 Å². The van der Waals surface area contributed by atoms with Crippen molar-refractivity contribution < 1.29 is 0 Å². The van der Waals surface area contributed by atoms with Crippen LogP contribution in [0.4, 0.5) is 11.6 Å². The maximum atomic E-state index is 4.48. The van der Waals surface area contributed by atoms with Crippen molar-refractivity contribution in [1.82, 2.24) is 15.0 Å². The molecule has 0 spiro atoms. The van der Waals surface area contributed by atoms with Gasteiger partial charge in [-0.25, -0.2) is 9.97 Å². The Morgan fingerprint density at radius 3 is 2.42 bits per heavy atom. The zero-order chi connectivity index (χ0) is 16.8. The molecule has 1 atom stereocenters. The summed E-state index contributed by atoms with van der Waals surface area (Å²) in [6.45, 7) is 4.72. The van der Waals surface area contributed by atoms with Gasteiger partial charge in [0.25, 0.3) is 0 Å². The van der Waals surface area contributed by atoms with E-state index in [1.165, 1.54) is 5.56 Å². The normalized spacial score (nSPS) is 11.8. The molecule has 5 nitrogen and oxygen atoms in total. The van der Waals surface area contributed by atoms with Crippen molar-refractivity contribution >= 4 is 11.6 Å². The largest absolute Gasteiger partial charge is 0.366 e. The second kappa shape index (κ2) is 7.55. The van der Waals surface area contributed by atoms with Crippen LogP contribution in [0.3, 0.4) is 0 Å². The standard InChI is InChI=1S/C19H21N5/c1-14(17-6-4-3-5-7-17)22-19-12-18(23-15(2)24-19)21-13-16-8-10-20-11-9-16/h3-12,14H,13H2,1-2H3,(H2,21,22,23,24). The quantitative estimate of drug-likeness (QED) is 0.720. The molecular formula is C19H21N5. The fourth-order valence-corrected chi connectivity index (χ4v) is 2.47. The number of benzene rings is 1. The lowest BCUT2D eigenvalue weighted by Gasteiger charge is -2.16. The highest BCUT2D eigenvalue weighted by atomic mass is 15.1. The minimum absolute atomic E-state index is 0.175. The van der Waals surface area contributed by atoms with Crippen LogP contribution in [0.15, 0.2) is 60.9 Å². The average molecular weight is 319 g/mol. The molecule has 24 heavy (non-hydrogen) atoms. The van der Waals surface area contributed by atoms with E-state index >= 15 is 0 Å². The summed E-state index contributed by atoms with van der Waals surface area (Å²) in [5, 5.41) is 6.77. The number of nitrogens with zero attached hydrogens (tertiary/aromatic N) is 3. The maximum Gasteiger partial charge on any atom is 0.132 e. The van der Waals surface area contributed by atoms with Crippen LogP contribution in [-0.2, 0) is 6.54 Å². The van der Waals surface area contributed by atoms with E-state index in [1.54, 1.807) is 12.4 Å². The Morgan fingerprint density at radius 2 is 1.67 bits per heavy atom. The molecule has 2 aromatic heterocycles. The maximum absolute atomic E-state index is 4.48. The number of nitrogens with one attached hydrogen (secondary N) is 2. The molecule has 2 N–H and O–H groups in total. The van der Waals surface area contributed by atoms with E-state index in [1.807, 2.05) is 43.3 Å². The van der Waals surface area contributed by atoms with Crippen LogP contribution in [0.2, 0.25) is 0 Å². The monoisotopic (exact) mass is 319 g/mol. The second-order valence-electron chi connectivity index (χ2n) is 5.67. The van der Waals surface area contributed by atoms with Gasteiger partial charge in [0.2, 0.25) is 0 Å². The number of hydrogen-bond donors (Lipinski definition) is 2. The van der Waals surface area contributed by atoms with E-state index in [-0.39, 0.29) is 6.04 Å². The highest BCUT2D eigenvalue weighted by Gasteiger charge is 2.07. The van der Waals surface area contributed by atoms with Gasteiger partial charge in [-0.3, -0.25) is 4.98 Å². The van der Waals surface area contributed by atoms with Crippen molar-refractivity contribution in [2.75, 3.05) is 10.6 Å². The summed E-state index contributed by atoms with van der Waals surface area (Å²) in [5.74, 6) is 2.36. The van der Waals surface area contributed by atoms with Crippen LogP contribution in [-0.4, -0.2) is 15.0 Å². The van der Waals surface area contributed by atoms with Gasteiger partial charge >= 0.3 is 0 Å². The summed E-state index contributed by atoms with van der Waals surface area (Å²) in [7, 11) is 0. The van der Waals surface area contributed by atoms with E-state index in [0.717, 1.165) is 23.0 Å². The van der Waals surface area contributed by atoms with Crippen molar-refractivity contribution in [2.24, 2.45) is 0 Å². The number of hydrogen-bond acceptors (Lipinski definition) is 5. The van der Waals surface area contributed by atoms with Gasteiger partial charge in [-0.2, -0.15) is 0 Å². The first kappa shape index (κ1) is 15.9. The summed E-state index contributed by atoms with van der Waals surface area (Å²) in [6, 6.07) is 16.4. The van der Waals surface area contributed by atoms with E-state index in [0.29, 0.717) is 6.54 Å². The molecule has 0 saturated carbocycles. The predicted octanol–water partition coefficient (Wildman–Crippen LogP) is 3.97. The van der Waals surface area contributed by atoms with Crippen molar-refractivity contribution in [3.05, 3.63) is 77.9 Å². The molecule has 122 valence electrons. The highest BCUT2D eigenvalue weighted by molar-refractivity contribution is 5.49. The van der Waals surface area contributed by atoms with Gasteiger partial charge in [0.1, 0.15) is 17.5 Å². The Kier molecular flexibility index (Phi) is 5.01. The van der Waals surface area contributed by atoms with Crippen molar-refractivity contribution in [2.45, 2.75) is 26.4 Å². The zero-order valence-electron chi connectivity index (χ0n) is 13.9.